The van der Waals surface area contributed by atoms with Gasteiger partial charge in [-0.05, 0) is 46.6 Å². The maximum atomic E-state index is 12.8. The Morgan fingerprint density at radius 2 is 1.77 bits per heavy atom. The summed E-state index contributed by atoms with van der Waals surface area (Å²) in [7, 11) is -3.31. The maximum absolute atomic E-state index is 12.8. The Balaban J connectivity index is 1.87. The van der Waals surface area contributed by atoms with Crippen LogP contribution in [-0.4, -0.2) is 40.7 Å². The first-order chi connectivity index (χ1) is 12.3. The van der Waals surface area contributed by atoms with Crippen LogP contribution in [0.4, 0.5) is 0 Å². The minimum absolute atomic E-state index is 0.0998. The van der Waals surface area contributed by atoms with Crippen molar-refractivity contribution in [2.45, 2.75) is 65.0 Å². The van der Waals surface area contributed by atoms with E-state index in [0.29, 0.717) is 12.8 Å². The number of aromatic nitrogens is 2. The molecule has 0 bridgehead atoms. The molecule has 0 saturated heterocycles. The predicted molar refractivity (Wildman–Crippen MR) is 97.4 cm³/mol. The first kappa shape index (κ1) is 20.8. The number of H-pyrrole nitrogens is 1. The molecule has 146 valence electrons. The molecular formula is C17H27N2O6P. The summed E-state index contributed by atoms with van der Waals surface area (Å²) < 4.78 is 35.1. The average molecular weight is 386 g/mol. The summed E-state index contributed by atoms with van der Waals surface area (Å²) in [6, 6.07) is 1.51. The molecule has 1 aromatic heterocycles. The molecule has 1 N–H and O–H groups in total. The standard InChI is InChI=1S/C17H27N2O6P/c1-12(2)24-26(21,25-13(3)4)11-22-14-5-7-15(8-6-14)23-17-18-10-9-16(20)19-17/h5,7,9-10,12-15H,6,8,11H2,1-4H3,(H,18,19,20)/t14-,15+/m1/s1. The summed E-state index contributed by atoms with van der Waals surface area (Å²) in [4.78, 5) is 17.7. The van der Waals surface area contributed by atoms with Crippen molar-refractivity contribution >= 4 is 7.60 Å². The van der Waals surface area contributed by atoms with E-state index in [0.717, 1.165) is 0 Å². The molecule has 0 aromatic carbocycles. The normalized spacial score (nSPS) is 20.7. The number of rotatable bonds is 9. The Labute approximate surface area is 153 Å². The van der Waals surface area contributed by atoms with Gasteiger partial charge in [-0.15, -0.1) is 0 Å². The summed E-state index contributed by atoms with van der Waals surface area (Å²) in [6.07, 6.45) is 5.52. The Hall–Kier alpha value is -1.47. The van der Waals surface area contributed by atoms with Crippen LogP contribution in [0.1, 0.15) is 40.5 Å². The second kappa shape index (κ2) is 9.46. The minimum Gasteiger partial charge on any atom is -0.457 e. The molecule has 0 spiro atoms. The summed E-state index contributed by atoms with van der Waals surface area (Å²) >= 11 is 0. The van der Waals surface area contributed by atoms with E-state index in [4.69, 9.17) is 18.5 Å². The third-order valence-corrected chi connectivity index (χ3v) is 5.33. The van der Waals surface area contributed by atoms with Gasteiger partial charge in [0, 0.05) is 12.3 Å². The quantitative estimate of drug-likeness (QED) is 0.514. The molecule has 0 aliphatic heterocycles. The summed E-state index contributed by atoms with van der Waals surface area (Å²) in [5.74, 6) is 0. The molecule has 0 unspecified atom stereocenters. The monoisotopic (exact) mass is 386 g/mol. The third kappa shape index (κ3) is 7.03. The summed E-state index contributed by atoms with van der Waals surface area (Å²) in [5, 5.41) is 0. The van der Waals surface area contributed by atoms with E-state index in [1.807, 2.05) is 12.2 Å². The highest BCUT2D eigenvalue weighted by Crippen LogP contribution is 2.50. The van der Waals surface area contributed by atoms with E-state index >= 15 is 0 Å². The van der Waals surface area contributed by atoms with Crippen LogP contribution in [0, 0.1) is 0 Å². The van der Waals surface area contributed by atoms with Crippen LogP contribution in [-0.2, 0) is 18.3 Å². The van der Waals surface area contributed by atoms with Gasteiger partial charge in [-0.3, -0.25) is 14.3 Å². The molecular weight excluding hydrogens is 359 g/mol. The lowest BCUT2D eigenvalue weighted by molar-refractivity contribution is 0.0608. The molecule has 2 rings (SSSR count). The van der Waals surface area contributed by atoms with Gasteiger partial charge in [0.25, 0.3) is 11.6 Å². The maximum Gasteiger partial charge on any atom is 0.356 e. The number of hydrogen-bond donors (Lipinski definition) is 1. The van der Waals surface area contributed by atoms with Crippen molar-refractivity contribution in [3.8, 4) is 6.01 Å². The van der Waals surface area contributed by atoms with E-state index in [-0.39, 0.29) is 42.3 Å². The summed E-state index contributed by atoms with van der Waals surface area (Å²) in [6.45, 7) is 7.23. The Kier molecular flexibility index (Phi) is 7.58. The van der Waals surface area contributed by atoms with Crippen molar-refractivity contribution in [2.75, 3.05) is 6.35 Å². The van der Waals surface area contributed by atoms with E-state index in [2.05, 4.69) is 9.97 Å². The molecule has 2 atom stereocenters. The van der Waals surface area contributed by atoms with Crippen LogP contribution in [0.25, 0.3) is 0 Å². The zero-order chi connectivity index (χ0) is 19.2. The van der Waals surface area contributed by atoms with Gasteiger partial charge in [0.05, 0.1) is 18.3 Å². The molecule has 0 radical (unpaired) electrons. The molecule has 1 aliphatic rings. The molecule has 0 saturated carbocycles. The lowest BCUT2D eigenvalue weighted by Gasteiger charge is -2.26. The fraction of sp³-hybridized carbons (Fsp3) is 0.647. The molecule has 1 heterocycles. The van der Waals surface area contributed by atoms with E-state index in [1.54, 1.807) is 27.7 Å². The highest BCUT2D eigenvalue weighted by Gasteiger charge is 2.30. The van der Waals surface area contributed by atoms with Crippen LogP contribution in [0.15, 0.2) is 29.2 Å². The van der Waals surface area contributed by atoms with Gasteiger partial charge in [-0.1, -0.05) is 6.08 Å². The van der Waals surface area contributed by atoms with Crippen LogP contribution >= 0.6 is 7.60 Å². The zero-order valence-electron chi connectivity index (χ0n) is 15.6. The van der Waals surface area contributed by atoms with Crippen LogP contribution < -0.4 is 10.3 Å². The van der Waals surface area contributed by atoms with E-state index in [1.165, 1.54) is 12.3 Å². The number of nitrogens with one attached hydrogen (secondary N) is 1. The molecule has 8 nitrogen and oxygen atoms in total. The van der Waals surface area contributed by atoms with Crippen molar-refractivity contribution < 1.29 is 23.1 Å². The molecule has 0 fully saturated rings. The lowest BCUT2D eigenvalue weighted by Crippen LogP contribution is -2.25. The van der Waals surface area contributed by atoms with Gasteiger partial charge in [0.1, 0.15) is 12.5 Å². The van der Waals surface area contributed by atoms with Gasteiger partial charge in [0.2, 0.25) is 0 Å². The number of ether oxygens (including phenoxy) is 2. The van der Waals surface area contributed by atoms with Gasteiger partial charge >= 0.3 is 7.60 Å². The largest absolute Gasteiger partial charge is 0.457 e. The molecule has 1 aliphatic carbocycles. The highest BCUT2D eigenvalue weighted by atomic mass is 31.2. The topological polar surface area (TPSA) is 99.7 Å². The SMILES string of the molecule is CC(C)OP(=O)(CO[C@@H]1C=C[C@H](Oc2nccc(=O)[nH]2)CC1)OC(C)C. The fourth-order valence-corrected chi connectivity index (χ4v) is 4.31. The number of aromatic amines is 1. The Bertz CT molecular complexity index is 688. The van der Waals surface area contributed by atoms with Crippen molar-refractivity contribution in [1.82, 2.24) is 9.97 Å². The number of nitrogens with zero attached hydrogens (tertiary/aromatic N) is 1. The first-order valence-corrected chi connectivity index (χ1v) is 10.5. The second-order valence-electron chi connectivity index (χ2n) is 6.61. The second-order valence-corrected chi connectivity index (χ2v) is 8.51. The van der Waals surface area contributed by atoms with Gasteiger partial charge in [0.15, 0.2) is 0 Å². The Morgan fingerprint density at radius 1 is 1.15 bits per heavy atom. The van der Waals surface area contributed by atoms with Crippen LogP contribution in [0.3, 0.4) is 0 Å². The summed E-state index contributed by atoms with van der Waals surface area (Å²) in [5.41, 5.74) is -0.262. The van der Waals surface area contributed by atoms with Crippen molar-refractivity contribution in [3.05, 3.63) is 34.8 Å². The molecule has 1 aromatic rings. The molecule has 26 heavy (non-hydrogen) atoms. The lowest BCUT2D eigenvalue weighted by atomic mass is 10.0. The minimum atomic E-state index is -3.31. The van der Waals surface area contributed by atoms with Gasteiger partial charge < -0.3 is 18.5 Å². The third-order valence-electron chi connectivity index (χ3n) is 3.38. The smallest absolute Gasteiger partial charge is 0.356 e. The van der Waals surface area contributed by atoms with Gasteiger partial charge in [-0.2, -0.15) is 0 Å². The predicted octanol–water partition coefficient (Wildman–Crippen LogP) is 3.25. The number of hydrogen-bond acceptors (Lipinski definition) is 7. The van der Waals surface area contributed by atoms with Crippen LogP contribution in [0.2, 0.25) is 0 Å². The zero-order valence-corrected chi connectivity index (χ0v) is 16.5. The van der Waals surface area contributed by atoms with Crippen molar-refractivity contribution in [1.29, 1.82) is 0 Å². The van der Waals surface area contributed by atoms with Crippen LogP contribution in [0.5, 0.6) is 6.01 Å². The van der Waals surface area contributed by atoms with Crippen molar-refractivity contribution in [3.63, 3.8) is 0 Å². The molecule has 0 amide bonds. The fourth-order valence-electron chi connectivity index (χ4n) is 2.48. The van der Waals surface area contributed by atoms with E-state index < -0.39 is 7.60 Å². The molecule has 9 heteroatoms. The van der Waals surface area contributed by atoms with Gasteiger partial charge in [-0.25, -0.2) is 4.98 Å². The first-order valence-electron chi connectivity index (χ1n) is 8.73. The Morgan fingerprint density at radius 3 is 2.31 bits per heavy atom. The average Bonchev–Trinajstić information content (AvgIpc) is 2.53. The highest BCUT2D eigenvalue weighted by molar-refractivity contribution is 7.53. The van der Waals surface area contributed by atoms with E-state index in [9.17, 15) is 9.36 Å². The van der Waals surface area contributed by atoms with Crippen molar-refractivity contribution in [2.24, 2.45) is 0 Å².